The molecule has 3 atom stereocenters. The van der Waals surface area contributed by atoms with E-state index < -0.39 is 5.79 Å². The lowest BCUT2D eigenvalue weighted by Crippen LogP contribution is -2.52. The van der Waals surface area contributed by atoms with Gasteiger partial charge in [-0.1, -0.05) is 12.1 Å². The van der Waals surface area contributed by atoms with Crippen molar-refractivity contribution >= 4 is 11.8 Å². The third kappa shape index (κ3) is 1.92. The van der Waals surface area contributed by atoms with Crippen LogP contribution in [0.2, 0.25) is 0 Å². The van der Waals surface area contributed by atoms with Gasteiger partial charge in [-0.15, -0.1) is 0 Å². The van der Waals surface area contributed by atoms with Crippen LogP contribution in [0.25, 0.3) is 0 Å². The van der Waals surface area contributed by atoms with Crippen molar-refractivity contribution in [2.75, 3.05) is 0 Å². The van der Waals surface area contributed by atoms with E-state index in [1.165, 1.54) is 4.90 Å². The Hall–Kier alpha value is -1.72. The summed E-state index contributed by atoms with van der Waals surface area (Å²) < 4.78 is 11.9. The molecule has 0 spiro atoms. The fourth-order valence-corrected chi connectivity index (χ4v) is 3.89. The fraction of sp³-hybridized carbons (Fsp3) is 0.529. The van der Waals surface area contributed by atoms with Crippen molar-refractivity contribution in [3.8, 4) is 0 Å². The molecule has 1 saturated heterocycles. The third-order valence-electron chi connectivity index (χ3n) is 4.75. The van der Waals surface area contributed by atoms with Crippen LogP contribution in [0.4, 0.5) is 0 Å². The maximum atomic E-state index is 12.7. The Morgan fingerprint density at radius 2 is 1.68 bits per heavy atom. The number of carbonyl (C=O) groups excluding carboxylic acids is 2. The molecule has 5 heteroatoms. The molecule has 3 aliphatic rings. The van der Waals surface area contributed by atoms with E-state index >= 15 is 0 Å². The van der Waals surface area contributed by atoms with E-state index in [1.54, 1.807) is 24.3 Å². The Labute approximate surface area is 129 Å². The first-order chi connectivity index (χ1) is 10.5. The van der Waals surface area contributed by atoms with Crippen LogP contribution in [0, 0.1) is 0 Å². The Morgan fingerprint density at radius 1 is 1.05 bits per heavy atom. The molecule has 2 aliphatic heterocycles. The lowest BCUT2D eigenvalue weighted by molar-refractivity contribution is -0.148. The number of fused-ring (bicyclic) bond motifs is 2. The second-order valence-corrected chi connectivity index (χ2v) is 6.66. The van der Waals surface area contributed by atoms with Gasteiger partial charge >= 0.3 is 0 Å². The summed E-state index contributed by atoms with van der Waals surface area (Å²) in [6.07, 6.45) is 2.34. The van der Waals surface area contributed by atoms with E-state index in [9.17, 15) is 9.59 Å². The van der Waals surface area contributed by atoms with Gasteiger partial charge in [-0.25, -0.2) is 0 Å². The van der Waals surface area contributed by atoms with Crippen molar-refractivity contribution in [1.29, 1.82) is 0 Å². The van der Waals surface area contributed by atoms with Gasteiger partial charge in [0.05, 0.1) is 23.3 Å². The lowest BCUT2D eigenvalue weighted by Gasteiger charge is -2.36. The summed E-state index contributed by atoms with van der Waals surface area (Å²) in [6.45, 7) is 3.76. The monoisotopic (exact) mass is 301 g/mol. The van der Waals surface area contributed by atoms with Gasteiger partial charge in [-0.3, -0.25) is 14.5 Å². The SMILES string of the molecule is CC1(C)O[C@@H]2[C@H](N3C(=O)c4ccccc4C3=O)CCC[C@H]2O1. The van der Waals surface area contributed by atoms with Gasteiger partial charge < -0.3 is 9.47 Å². The summed E-state index contributed by atoms with van der Waals surface area (Å²) in [5.41, 5.74) is 0.987. The van der Waals surface area contributed by atoms with Crippen LogP contribution in [0.1, 0.15) is 53.8 Å². The topological polar surface area (TPSA) is 55.8 Å². The predicted octanol–water partition coefficient (Wildman–Crippen LogP) is 2.36. The number of hydrogen-bond donors (Lipinski definition) is 0. The number of hydrogen-bond acceptors (Lipinski definition) is 4. The molecular weight excluding hydrogens is 282 g/mol. The molecule has 2 heterocycles. The third-order valence-corrected chi connectivity index (χ3v) is 4.75. The molecular formula is C17H19NO4. The molecule has 0 radical (unpaired) electrons. The number of imide groups is 1. The molecule has 1 saturated carbocycles. The van der Waals surface area contributed by atoms with E-state index in [0.29, 0.717) is 11.1 Å². The van der Waals surface area contributed by atoms with Gasteiger partial charge in [-0.2, -0.15) is 0 Å². The summed E-state index contributed by atoms with van der Waals surface area (Å²) in [6, 6.07) is 6.76. The van der Waals surface area contributed by atoms with Crippen LogP contribution in [-0.4, -0.2) is 40.8 Å². The van der Waals surface area contributed by atoms with Gasteiger partial charge in [-0.05, 0) is 45.2 Å². The molecule has 1 aromatic rings. The van der Waals surface area contributed by atoms with E-state index in [1.807, 2.05) is 13.8 Å². The summed E-state index contributed by atoms with van der Waals surface area (Å²) in [7, 11) is 0. The first kappa shape index (κ1) is 13.9. The highest BCUT2D eigenvalue weighted by Crippen LogP contribution is 2.40. The average Bonchev–Trinajstić information content (AvgIpc) is 2.93. The molecule has 0 N–H and O–H groups in total. The quantitative estimate of drug-likeness (QED) is 0.747. The molecule has 1 aliphatic carbocycles. The van der Waals surface area contributed by atoms with Crippen molar-refractivity contribution in [3.63, 3.8) is 0 Å². The number of amides is 2. The molecule has 5 nitrogen and oxygen atoms in total. The van der Waals surface area contributed by atoms with Gasteiger partial charge in [0.25, 0.3) is 11.8 Å². The largest absolute Gasteiger partial charge is 0.344 e. The number of benzene rings is 1. The van der Waals surface area contributed by atoms with Crippen LogP contribution >= 0.6 is 0 Å². The van der Waals surface area contributed by atoms with Crippen LogP contribution in [0.3, 0.4) is 0 Å². The van der Waals surface area contributed by atoms with E-state index in [2.05, 4.69) is 0 Å². The first-order valence-corrected chi connectivity index (χ1v) is 7.80. The second-order valence-electron chi connectivity index (χ2n) is 6.66. The molecule has 0 aromatic heterocycles. The van der Waals surface area contributed by atoms with Crippen LogP contribution < -0.4 is 0 Å². The highest BCUT2D eigenvalue weighted by Gasteiger charge is 2.52. The standard InChI is InChI=1S/C17H19NO4/c1-17(2)21-13-9-5-8-12(14(13)22-17)18-15(19)10-6-3-4-7-11(10)16(18)20/h3-4,6-7,12-14H,5,8-9H2,1-2H3/t12-,13-,14-/m1/s1. The van der Waals surface area contributed by atoms with Gasteiger partial charge in [0.2, 0.25) is 0 Å². The zero-order valence-electron chi connectivity index (χ0n) is 12.7. The van der Waals surface area contributed by atoms with Crippen molar-refractivity contribution in [1.82, 2.24) is 4.90 Å². The second kappa shape index (κ2) is 4.64. The molecule has 1 aromatic carbocycles. The highest BCUT2D eigenvalue weighted by atomic mass is 16.8. The highest BCUT2D eigenvalue weighted by molar-refractivity contribution is 6.21. The minimum absolute atomic E-state index is 0.0435. The minimum Gasteiger partial charge on any atom is -0.344 e. The number of ether oxygens (including phenoxy) is 2. The molecule has 2 fully saturated rings. The molecule has 4 rings (SSSR count). The first-order valence-electron chi connectivity index (χ1n) is 7.80. The van der Waals surface area contributed by atoms with Crippen LogP contribution in [0.15, 0.2) is 24.3 Å². The van der Waals surface area contributed by atoms with Gasteiger partial charge in [0.1, 0.15) is 6.10 Å². The van der Waals surface area contributed by atoms with Crippen LogP contribution in [-0.2, 0) is 9.47 Å². The molecule has 0 bridgehead atoms. The summed E-state index contributed by atoms with van der Waals surface area (Å²) in [5, 5.41) is 0. The summed E-state index contributed by atoms with van der Waals surface area (Å²) in [5.74, 6) is -1.07. The number of carbonyl (C=O) groups is 2. The molecule has 2 amide bonds. The van der Waals surface area contributed by atoms with Crippen molar-refractivity contribution < 1.29 is 19.1 Å². The Balaban J connectivity index is 1.68. The van der Waals surface area contributed by atoms with E-state index in [-0.39, 0.29) is 30.1 Å². The van der Waals surface area contributed by atoms with Crippen molar-refractivity contribution in [2.24, 2.45) is 0 Å². The van der Waals surface area contributed by atoms with Crippen molar-refractivity contribution in [3.05, 3.63) is 35.4 Å². The van der Waals surface area contributed by atoms with Crippen molar-refractivity contribution in [2.45, 2.75) is 57.1 Å². The number of nitrogens with zero attached hydrogens (tertiary/aromatic N) is 1. The van der Waals surface area contributed by atoms with E-state index in [0.717, 1.165) is 19.3 Å². The maximum Gasteiger partial charge on any atom is 0.261 e. The Morgan fingerprint density at radius 3 is 2.32 bits per heavy atom. The fourth-order valence-electron chi connectivity index (χ4n) is 3.89. The molecule has 0 unspecified atom stereocenters. The zero-order chi connectivity index (χ0) is 15.5. The summed E-state index contributed by atoms with van der Waals surface area (Å²) >= 11 is 0. The average molecular weight is 301 g/mol. The van der Waals surface area contributed by atoms with E-state index in [4.69, 9.17) is 9.47 Å². The van der Waals surface area contributed by atoms with Crippen LogP contribution in [0.5, 0.6) is 0 Å². The summed E-state index contributed by atoms with van der Waals surface area (Å²) in [4.78, 5) is 26.7. The lowest BCUT2D eigenvalue weighted by atomic mass is 9.89. The predicted molar refractivity (Wildman–Crippen MR) is 78.4 cm³/mol. The minimum atomic E-state index is -0.656. The molecule has 22 heavy (non-hydrogen) atoms. The number of rotatable bonds is 1. The van der Waals surface area contributed by atoms with Gasteiger partial charge in [0.15, 0.2) is 5.79 Å². The zero-order valence-corrected chi connectivity index (χ0v) is 12.7. The molecule has 116 valence electrons. The Bertz CT molecular complexity index is 619. The normalized spacial score (nSPS) is 33.0. The Kier molecular flexibility index (Phi) is 2.93. The smallest absolute Gasteiger partial charge is 0.261 e. The maximum absolute atomic E-state index is 12.7. The van der Waals surface area contributed by atoms with Gasteiger partial charge in [0, 0.05) is 0 Å².